The van der Waals surface area contributed by atoms with Gasteiger partial charge in [-0.3, -0.25) is 4.68 Å². The van der Waals surface area contributed by atoms with Gasteiger partial charge in [0, 0.05) is 24.3 Å². The minimum atomic E-state index is -3.16. The van der Waals surface area contributed by atoms with E-state index in [4.69, 9.17) is 0 Å². The minimum absolute atomic E-state index is 0.198. The SMILES string of the molecule is CCCCS(=O)(=O)NCc1c(C)nn(CC)c1C. The Morgan fingerprint density at radius 2 is 1.94 bits per heavy atom. The van der Waals surface area contributed by atoms with Crippen LogP contribution < -0.4 is 4.72 Å². The lowest BCUT2D eigenvalue weighted by Crippen LogP contribution is -2.26. The maximum atomic E-state index is 11.7. The van der Waals surface area contributed by atoms with Crippen molar-refractivity contribution in [3.05, 3.63) is 17.0 Å². The molecule has 0 radical (unpaired) electrons. The second-order valence-corrected chi connectivity index (χ2v) is 6.39. The average molecular weight is 273 g/mol. The van der Waals surface area contributed by atoms with Crippen LogP contribution in [0.5, 0.6) is 0 Å². The van der Waals surface area contributed by atoms with Crippen LogP contribution in [0.3, 0.4) is 0 Å². The molecular formula is C12H23N3O2S. The molecule has 0 fully saturated rings. The molecule has 0 bridgehead atoms. The summed E-state index contributed by atoms with van der Waals surface area (Å²) in [5.74, 6) is 0.198. The maximum absolute atomic E-state index is 11.7. The molecule has 1 aromatic rings. The quantitative estimate of drug-likeness (QED) is 0.823. The zero-order valence-corrected chi connectivity index (χ0v) is 12.5. The van der Waals surface area contributed by atoms with E-state index in [1.165, 1.54) is 0 Å². The fourth-order valence-electron chi connectivity index (χ4n) is 1.89. The molecule has 1 N–H and O–H groups in total. The van der Waals surface area contributed by atoms with Crippen molar-refractivity contribution in [2.24, 2.45) is 0 Å². The Hall–Kier alpha value is -0.880. The van der Waals surface area contributed by atoms with E-state index in [0.29, 0.717) is 13.0 Å². The molecule has 104 valence electrons. The van der Waals surface area contributed by atoms with Gasteiger partial charge in [-0.1, -0.05) is 13.3 Å². The number of sulfonamides is 1. The van der Waals surface area contributed by atoms with Crippen molar-refractivity contribution in [1.82, 2.24) is 14.5 Å². The Bertz CT molecular complexity index is 492. The summed E-state index contributed by atoms with van der Waals surface area (Å²) in [5, 5.41) is 4.37. The van der Waals surface area contributed by atoms with Gasteiger partial charge in [-0.05, 0) is 27.2 Å². The number of aromatic nitrogens is 2. The zero-order chi connectivity index (χ0) is 13.8. The topological polar surface area (TPSA) is 64.0 Å². The largest absolute Gasteiger partial charge is 0.270 e. The Labute approximate surface area is 110 Å². The number of hydrogen-bond acceptors (Lipinski definition) is 3. The third-order valence-electron chi connectivity index (χ3n) is 3.07. The summed E-state index contributed by atoms with van der Waals surface area (Å²) in [4.78, 5) is 0. The van der Waals surface area contributed by atoms with Crippen molar-refractivity contribution in [2.45, 2.75) is 53.6 Å². The van der Waals surface area contributed by atoms with Crippen LogP contribution in [0.25, 0.3) is 0 Å². The van der Waals surface area contributed by atoms with Gasteiger partial charge in [-0.25, -0.2) is 13.1 Å². The molecular weight excluding hydrogens is 250 g/mol. The molecule has 0 aliphatic rings. The number of hydrogen-bond donors (Lipinski definition) is 1. The molecule has 0 unspecified atom stereocenters. The smallest absolute Gasteiger partial charge is 0.211 e. The minimum Gasteiger partial charge on any atom is -0.270 e. The van der Waals surface area contributed by atoms with Crippen molar-refractivity contribution in [2.75, 3.05) is 5.75 Å². The molecule has 0 aliphatic carbocycles. The highest BCUT2D eigenvalue weighted by Crippen LogP contribution is 2.13. The Morgan fingerprint density at radius 3 is 2.44 bits per heavy atom. The van der Waals surface area contributed by atoms with Crippen LogP contribution in [-0.2, 0) is 23.1 Å². The summed E-state index contributed by atoms with van der Waals surface area (Å²) in [6.07, 6.45) is 1.58. The lowest BCUT2D eigenvalue weighted by molar-refractivity contribution is 0.577. The van der Waals surface area contributed by atoms with E-state index in [-0.39, 0.29) is 5.75 Å². The first-order valence-corrected chi connectivity index (χ1v) is 8.06. The summed E-state index contributed by atoms with van der Waals surface area (Å²) in [6, 6.07) is 0. The fraction of sp³-hybridized carbons (Fsp3) is 0.750. The molecule has 0 spiro atoms. The van der Waals surface area contributed by atoms with E-state index in [0.717, 1.165) is 29.9 Å². The molecule has 5 nitrogen and oxygen atoms in total. The number of nitrogens with zero attached hydrogens (tertiary/aromatic N) is 2. The van der Waals surface area contributed by atoms with Crippen molar-refractivity contribution >= 4 is 10.0 Å². The monoisotopic (exact) mass is 273 g/mol. The number of rotatable bonds is 7. The van der Waals surface area contributed by atoms with E-state index in [1.54, 1.807) is 0 Å². The summed E-state index contributed by atoms with van der Waals surface area (Å²) >= 11 is 0. The van der Waals surface area contributed by atoms with Crippen molar-refractivity contribution < 1.29 is 8.42 Å². The highest BCUT2D eigenvalue weighted by molar-refractivity contribution is 7.89. The van der Waals surface area contributed by atoms with Crippen molar-refractivity contribution in [3.8, 4) is 0 Å². The molecule has 0 aliphatic heterocycles. The van der Waals surface area contributed by atoms with E-state index in [2.05, 4.69) is 9.82 Å². The summed E-state index contributed by atoms with van der Waals surface area (Å²) < 4.78 is 28.0. The highest BCUT2D eigenvalue weighted by Gasteiger charge is 2.14. The molecule has 1 rings (SSSR count). The van der Waals surface area contributed by atoms with Crippen molar-refractivity contribution in [1.29, 1.82) is 0 Å². The Morgan fingerprint density at radius 1 is 1.28 bits per heavy atom. The second kappa shape index (κ2) is 6.33. The standard InChI is InChI=1S/C12H23N3O2S/c1-5-7-8-18(16,17)13-9-12-10(3)14-15(6-2)11(12)4/h13H,5-9H2,1-4H3. The third kappa shape index (κ3) is 3.81. The van der Waals surface area contributed by atoms with Gasteiger partial charge >= 0.3 is 0 Å². The van der Waals surface area contributed by atoms with Gasteiger partial charge in [-0.15, -0.1) is 0 Å². The third-order valence-corrected chi connectivity index (χ3v) is 4.48. The molecule has 1 heterocycles. The predicted octanol–water partition coefficient (Wildman–Crippen LogP) is 1.74. The van der Waals surface area contributed by atoms with Gasteiger partial charge in [0.25, 0.3) is 0 Å². The van der Waals surface area contributed by atoms with Crippen LogP contribution in [0.4, 0.5) is 0 Å². The molecule has 0 atom stereocenters. The van der Waals surface area contributed by atoms with E-state index >= 15 is 0 Å². The van der Waals surface area contributed by atoms with E-state index in [9.17, 15) is 8.42 Å². The number of unbranched alkanes of at least 4 members (excludes halogenated alkanes) is 1. The normalized spacial score (nSPS) is 12.0. The van der Waals surface area contributed by atoms with Crippen LogP contribution >= 0.6 is 0 Å². The van der Waals surface area contributed by atoms with Gasteiger partial charge in [0.05, 0.1) is 11.4 Å². The van der Waals surface area contributed by atoms with Gasteiger partial charge in [0.1, 0.15) is 0 Å². The van der Waals surface area contributed by atoms with Gasteiger partial charge in [0.2, 0.25) is 10.0 Å². The zero-order valence-electron chi connectivity index (χ0n) is 11.7. The lowest BCUT2D eigenvalue weighted by atomic mass is 10.2. The van der Waals surface area contributed by atoms with Gasteiger partial charge in [0.15, 0.2) is 0 Å². The molecule has 0 saturated heterocycles. The second-order valence-electron chi connectivity index (χ2n) is 4.46. The van der Waals surface area contributed by atoms with E-state index in [1.807, 2.05) is 32.4 Å². The van der Waals surface area contributed by atoms with E-state index < -0.39 is 10.0 Å². The Balaban J connectivity index is 2.72. The fourth-order valence-corrected chi connectivity index (χ4v) is 3.06. The average Bonchev–Trinajstić information content (AvgIpc) is 2.59. The Kier molecular flexibility index (Phi) is 5.34. The van der Waals surface area contributed by atoms with Crippen LogP contribution in [0.15, 0.2) is 0 Å². The lowest BCUT2D eigenvalue weighted by Gasteiger charge is -2.06. The number of nitrogens with one attached hydrogen (secondary N) is 1. The van der Waals surface area contributed by atoms with Crippen LogP contribution in [-0.4, -0.2) is 24.0 Å². The summed E-state index contributed by atoms with van der Waals surface area (Å²) in [5.41, 5.74) is 2.91. The summed E-state index contributed by atoms with van der Waals surface area (Å²) in [6.45, 7) is 9.02. The number of aryl methyl sites for hydroxylation is 2. The highest BCUT2D eigenvalue weighted by atomic mass is 32.2. The van der Waals surface area contributed by atoms with Gasteiger partial charge in [-0.2, -0.15) is 5.10 Å². The molecule has 1 aromatic heterocycles. The van der Waals surface area contributed by atoms with Crippen LogP contribution in [0.1, 0.15) is 43.6 Å². The molecule has 0 saturated carbocycles. The molecule has 6 heteroatoms. The van der Waals surface area contributed by atoms with Gasteiger partial charge < -0.3 is 0 Å². The summed E-state index contributed by atoms with van der Waals surface area (Å²) in [7, 11) is -3.16. The van der Waals surface area contributed by atoms with Crippen molar-refractivity contribution in [3.63, 3.8) is 0 Å². The molecule has 0 amide bonds. The first-order chi connectivity index (χ1) is 8.41. The van der Waals surface area contributed by atoms with Crippen LogP contribution in [0.2, 0.25) is 0 Å². The molecule has 0 aromatic carbocycles. The van der Waals surface area contributed by atoms with Crippen LogP contribution in [0, 0.1) is 13.8 Å². The molecule has 18 heavy (non-hydrogen) atoms. The first-order valence-electron chi connectivity index (χ1n) is 6.41. The first kappa shape index (κ1) is 15.2. The maximum Gasteiger partial charge on any atom is 0.211 e. The predicted molar refractivity (Wildman–Crippen MR) is 72.9 cm³/mol.